The van der Waals surface area contributed by atoms with Crippen LogP contribution in [0.25, 0.3) is 0 Å². The minimum Gasteiger partial charge on any atom is -0.497 e. The summed E-state index contributed by atoms with van der Waals surface area (Å²) >= 11 is 0. The Labute approximate surface area is 191 Å². The number of halogens is 2. The van der Waals surface area contributed by atoms with Crippen LogP contribution in [0.4, 0.5) is 14.5 Å². The summed E-state index contributed by atoms with van der Waals surface area (Å²) in [6, 6.07) is 8.65. The Morgan fingerprint density at radius 2 is 1.70 bits per heavy atom. The molecule has 9 heteroatoms. The van der Waals surface area contributed by atoms with Gasteiger partial charge in [0.05, 0.1) is 20.1 Å². The van der Waals surface area contributed by atoms with Crippen molar-refractivity contribution in [2.24, 2.45) is 5.92 Å². The van der Waals surface area contributed by atoms with E-state index in [4.69, 9.17) is 9.47 Å². The Hall–Kier alpha value is -3.20. The molecule has 2 heterocycles. The van der Waals surface area contributed by atoms with Gasteiger partial charge >= 0.3 is 0 Å². The predicted octanol–water partition coefficient (Wildman–Crippen LogP) is 2.68. The maximum absolute atomic E-state index is 13.6. The van der Waals surface area contributed by atoms with Crippen LogP contribution in [0, 0.1) is 17.6 Å². The average Bonchev–Trinajstić information content (AvgIpc) is 3.20. The Balaban J connectivity index is 1.35. The smallest absolute Gasteiger partial charge is 0.228 e. The summed E-state index contributed by atoms with van der Waals surface area (Å²) in [5.41, 5.74) is 1.15. The molecule has 2 aromatic rings. The van der Waals surface area contributed by atoms with Crippen molar-refractivity contribution in [3.05, 3.63) is 53.6 Å². The fraction of sp³-hybridized carbons (Fsp3) is 0.417. The number of amides is 2. The molecule has 33 heavy (non-hydrogen) atoms. The molecule has 2 saturated heterocycles. The summed E-state index contributed by atoms with van der Waals surface area (Å²) in [6.45, 7) is 3.26. The second-order valence-corrected chi connectivity index (χ2v) is 8.31. The van der Waals surface area contributed by atoms with Gasteiger partial charge in [-0.25, -0.2) is 8.78 Å². The topological polar surface area (TPSA) is 62.3 Å². The highest BCUT2D eigenvalue weighted by molar-refractivity contribution is 6.00. The number of ether oxygens (including phenoxy) is 2. The van der Waals surface area contributed by atoms with Gasteiger partial charge in [0.2, 0.25) is 11.8 Å². The molecule has 0 radical (unpaired) electrons. The number of hydrogen-bond donors (Lipinski definition) is 0. The third-order valence-electron chi connectivity index (χ3n) is 6.20. The molecule has 2 fully saturated rings. The van der Waals surface area contributed by atoms with E-state index >= 15 is 0 Å². The van der Waals surface area contributed by atoms with E-state index in [1.165, 1.54) is 4.90 Å². The number of carbonyl (C=O) groups is 2. The Kier molecular flexibility index (Phi) is 6.78. The summed E-state index contributed by atoms with van der Waals surface area (Å²) in [5.74, 6) is -0.883. The van der Waals surface area contributed by atoms with Crippen molar-refractivity contribution in [1.82, 2.24) is 9.80 Å². The van der Waals surface area contributed by atoms with Crippen molar-refractivity contribution in [2.75, 3.05) is 51.8 Å². The lowest BCUT2D eigenvalue weighted by atomic mass is 10.1. The van der Waals surface area contributed by atoms with Gasteiger partial charge in [-0.1, -0.05) is 0 Å². The van der Waals surface area contributed by atoms with Gasteiger partial charge in [-0.15, -0.1) is 0 Å². The average molecular weight is 459 g/mol. The van der Waals surface area contributed by atoms with E-state index in [0.717, 1.165) is 35.3 Å². The maximum Gasteiger partial charge on any atom is 0.228 e. The van der Waals surface area contributed by atoms with Crippen molar-refractivity contribution in [1.29, 1.82) is 0 Å². The van der Waals surface area contributed by atoms with E-state index in [1.54, 1.807) is 19.1 Å². The van der Waals surface area contributed by atoms with E-state index in [2.05, 4.69) is 4.90 Å². The van der Waals surface area contributed by atoms with Crippen molar-refractivity contribution in [3.8, 4) is 11.5 Å². The Bertz CT molecular complexity index is 1020. The van der Waals surface area contributed by atoms with Gasteiger partial charge < -0.3 is 19.3 Å². The molecule has 176 valence electrons. The first-order chi connectivity index (χ1) is 15.9. The van der Waals surface area contributed by atoms with Crippen molar-refractivity contribution in [3.63, 3.8) is 0 Å². The quantitative estimate of drug-likeness (QED) is 0.665. The van der Waals surface area contributed by atoms with Gasteiger partial charge in [-0.2, -0.15) is 0 Å². The minimum absolute atomic E-state index is 0.0399. The number of anilines is 1. The first-order valence-corrected chi connectivity index (χ1v) is 10.9. The van der Waals surface area contributed by atoms with Crippen LogP contribution in [0.2, 0.25) is 0 Å². The molecule has 7 nitrogen and oxygen atoms in total. The number of benzene rings is 2. The van der Waals surface area contributed by atoms with Gasteiger partial charge in [-0.05, 0) is 30.3 Å². The molecule has 0 N–H and O–H groups in total. The van der Waals surface area contributed by atoms with Gasteiger partial charge in [0.15, 0.2) is 0 Å². The third kappa shape index (κ3) is 5.08. The fourth-order valence-corrected chi connectivity index (χ4v) is 4.45. The molecule has 1 unspecified atom stereocenters. The second-order valence-electron chi connectivity index (χ2n) is 8.31. The second kappa shape index (κ2) is 9.74. The van der Waals surface area contributed by atoms with Crippen LogP contribution in [0.15, 0.2) is 36.4 Å². The van der Waals surface area contributed by atoms with Crippen LogP contribution in [-0.4, -0.2) is 68.6 Å². The minimum atomic E-state index is -0.753. The highest BCUT2D eigenvalue weighted by Crippen LogP contribution is 2.29. The molecule has 2 aromatic carbocycles. The molecule has 2 aliphatic rings. The molecular weight excluding hydrogens is 432 g/mol. The summed E-state index contributed by atoms with van der Waals surface area (Å²) in [5, 5.41) is 0. The number of nitrogens with zero attached hydrogens (tertiary/aromatic N) is 3. The van der Waals surface area contributed by atoms with Crippen molar-refractivity contribution < 1.29 is 27.8 Å². The van der Waals surface area contributed by atoms with Gasteiger partial charge in [0.25, 0.3) is 0 Å². The van der Waals surface area contributed by atoms with E-state index in [1.807, 2.05) is 18.2 Å². The molecule has 2 amide bonds. The highest BCUT2D eigenvalue weighted by Gasteiger charge is 2.38. The van der Waals surface area contributed by atoms with E-state index in [-0.39, 0.29) is 30.5 Å². The lowest BCUT2D eigenvalue weighted by Crippen LogP contribution is -2.50. The summed E-state index contributed by atoms with van der Waals surface area (Å²) < 4.78 is 37.9. The summed E-state index contributed by atoms with van der Waals surface area (Å²) in [6.07, 6.45) is 0.0399. The predicted molar refractivity (Wildman–Crippen MR) is 118 cm³/mol. The maximum atomic E-state index is 13.6. The van der Waals surface area contributed by atoms with Crippen LogP contribution < -0.4 is 14.4 Å². The number of hydrogen-bond acceptors (Lipinski definition) is 5. The first kappa shape index (κ1) is 23.0. The summed E-state index contributed by atoms with van der Waals surface area (Å²) in [4.78, 5) is 30.8. The highest BCUT2D eigenvalue weighted by atomic mass is 19.1. The van der Waals surface area contributed by atoms with Crippen LogP contribution in [0.1, 0.15) is 12.0 Å². The molecule has 1 atom stereocenters. The molecule has 0 aromatic heterocycles. The molecule has 0 saturated carbocycles. The van der Waals surface area contributed by atoms with Gasteiger partial charge in [-0.3, -0.25) is 14.5 Å². The van der Waals surface area contributed by atoms with Crippen molar-refractivity contribution in [2.45, 2.75) is 13.0 Å². The Morgan fingerprint density at radius 3 is 2.33 bits per heavy atom. The standard InChI is InChI=1S/C24H27F2N3O4/c1-32-21-3-4-22(33-2)16(9-21)14-27-5-7-28(8-6-27)24(31)17-10-23(30)29(15-17)20-12-18(25)11-19(26)13-20/h3-4,9,11-13,17H,5-8,10,14-15H2,1-2H3. The van der Waals surface area contributed by atoms with E-state index in [0.29, 0.717) is 32.7 Å². The molecule has 0 spiro atoms. The molecule has 4 rings (SSSR count). The zero-order chi connectivity index (χ0) is 23.5. The molecule has 0 bridgehead atoms. The molecule has 2 aliphatic heterocycles. The van der Waals surface area contributed by atoms with E-state index in [9.17, 15) is 18.4 Å². The molecular formula is C24H27F2N3O4. The van der Waals surface area contributed by atoms with E-state index < -0.39 is 17.6 Å². The van der Waals surface area contributed by atoms with Crippen LogP contribution in [0.5, 0.6) is 11.5 Å². The summed E-state index contributed by atoms with van der Waals surface area (Å²) in [7, 11) is 3.25. The zero-order valence-electron chi connectivity index (χ0n) is 18.7. The normalized spacial score (nSPS) is 19.2. The number of methoxy groups -OCH3 is 2. The van der Waals surface area contributed by atoms with Crippen LogP contribution in [0.3, 0.4) is 0 Å². The number of piperazine rings is 1. The van der Waals surface area contributed by atoms with Gasteiger partial charge in [0.1, 0.15) is 23.1 Å². The monoisotopic (exact) mass is 459 g/mol. The van der Waals surface area contributed by atoms with Crippen LogP contribution in [-0.2, 0) is 16.1 Å². The third-order valence-corrected chi connectivity index (χ3v) is 6.20. The Morgan fingerprint density at radius 1 is 1.00 bits per heavy atom. The van der Waals surface area contributed by atoms with Crippen molar-refractivity contribution >= 4 is 17.5 Å². The number of rotatable bonds is 6. The molecule has 0 aliphatic carbocycles. The number of carbonyl (C=O) groups excluding carboxylic acids is 2. The van der Waals surface area contributed by atoms with Gasteiger partial charge in [0, 0.05) is 63.0 Å². The lowest BCUT2D eigenvalue weighted by Gasteiger charge is -2.36. The SMILES string of the molecule is COc1ccc(OC)c(CN2CCN(C(=O)C3CC(=O)N(c4cc(F)cc(F)c4)C3)CC2)c1. The fourth-order valence-electron chi connectivity index (χ4n) is 4.45. The zero-order valence-corrected chi connectivity index (χ0v) is 18.7. The van der Waals surface area contributed by atoms with Crippen LogP contribution >= 0.6 is 0 Å². The lowest BCUT2D eigenvalue weighted by molar-refractivity contribution is -0.137. The largest absolute Gasteiger partial charge is 0.497 e. The first-order valence-electron chi connectivity index (χ1n) is 10.9.